The molecule has 5 heteroatoms. The Morgan fingerprint density at radius 2 is 2.44 bits per heavy atom. The topological polar surface area (TPSA) is 73.4 Å². The number of aromatic nitrogens is 1. The fourth-order valence-corrected chi connectivity index (χ4v) is 1.94. The van der Waals surface area contributed by atoms with Gasteiger partial charge in [-0.15, -0.1) is 0 Å². The van der Waals surface area contributed by atoms with Crippen LogP contribution in [0.3, 0.4) is 0 Å². The summed E-state index contributed by atoms with van der Waals surface area (Å²) in [6.07, 6.45) is 2.57. The van der Waals surface area contributed by atoms with E-state index in [0.29, 0.717) is 25.9 Å². The second-order valence-corrected chi connectivity index (χ2v) is 4.04. The molecule has 1 aliphatic rings. The van der Waals surface area contributed by atoms with Crippen LogP contribution in [0.5, 0.6) is 0 Å². The van der Waals surface area contributed by atoms with Gasteiger partial charge in [0, 0.05) is 24.9 Å². The van der Waals surface area contributed by atoms with E-state index in [0.717, 1.165) is 5.69 Å². The van der Waals surface area contributed by atoms with Crippen LogP contribution in [0.25, 0.3) is 0 Å². The number of aromatic amines is 1. The van der Waals surface area contributed by atoms with Gasteiger partial charge in [0.15, 0.2) is 0 Å². The van der Waals surface area contributed by atoms with E-state index in [2.05, 4.69) is 4.98 Å². The van der Waals surface area contributed by atoms with Crippen molar-refractivity contribution in [3.05, 3.63) is 24.0 Å². The van der Waals surface area contributed by atoms with Gasteiger partial charge in [0.05, 0.1) is 12.5 Å². The first-order valence-corrected chi connectivity index (χ1v) is 5.29. The molecule has 1 aromatic rings. The van der Waals surface area contributed by atoms with Crippen molar-refractivity contribution in [3.8, 4) is 0 Å². The third kappa shape index (κ3) is 2.24. The maximum atomic E-state index is 11.6. The monoisotopic (exact) mass is 222 g/mol. The summed E-state index contributed by atoms with van der Waals surface area (Å²) in [5.41, 5.74) is 0.930. The van der Waals surface area contributed by atoms with Crippen molar-refractivity contribution in [2.45, 2.75) is 19.4 Å². The van der Waals surface area contributed by atoms with Crippen molar-refractivity contribution < 1.29 is 14.7 Å². The number of hydrogen-bond donors (Lipinski definition) is 2. The van der Waals surface area contributed by atoms with Gasteiger partial charge >= 0.3 is 5.97 Å². The predicted molar refractivity (Wildman–Crippen MR) is 56.6 cm³/mol. The number of likely N-dealkylation sites (tertiary alicyclic amines) is 1. The fraction of sp³-hybridized carbons (Fsp3) is 0.455. The highest BCUT2D eigenvalue weighted by Gasteiger charge is 2.29. The van der Waals surface area contributed by atoms with Gasteiger partial charge in [-0.1, -0.05) is 0 Å². The molecule has 5 nitrogen and oxygen atoms in total. The van der Waals surface area contributed by atoms with Crippen LogP contribution in [-0.4, -0.2) is 33.4 Å². The molecule has 86 valence electrons. The van der Waals surface area contributed by atoms with Crippen molar-refractivity contribution >= 4 is 11.9 Å². The van der Waals surface area contributed by atoms with Crippen LogP contribution in [0.2, 0.25) is 0 Å². The molecule has 1 fully saturated rings. The molecule has 1 unspecified atom stereocenters. The number of amides is 1. The molecule has 1 amide bonds. The molecule has 0 bridgehead atoms. The highest BCUT2D eigenvalue weighted by molar-refractivity contribution is 5.80. The molecule has 0 spiro atoms. The van der Waals surface area contributed by atoms with E-state index < -0.39 is 11.9 Å². The summed E-state index contributed by atoms with van der Waals surface area (Å²) in [5, 5.41) is 8.92. The summed E-state index contributed by atoms with van der Waals surface area (Å²) in [6, 6.07) is 3.75. The van der Waals surface area contributed by atoms with Crippen molar-refractivity contribution in [1.29, 1.82) is 0 Å². The van der Waals surface area contributed by atoms with Crippen molar-refractivity contribution in [3.63, 3.8) is 0 Å². The number of rotatable bonds is 3. The Morgan fingerprint density at radius 1 is 1.62 bits per heavy atom. The summed E-state index contributed by atoms with van der Waals surface area (Å²) in [4.78, 5) is 27.1. The molecule has 1 aromatic heterocycles. The lowest BCUT2D eigenvalue weighted by Crippen LogP contribution is -2.42. The Bertz CT molecular complexity index is 386. The van der Waals surface area contributed by atoms with Gasteiger partial charge < -0.3 is 15.0 Å². The molecule has 0 radical (unpaired) electrons. The maximum Gasteiger partial charge on any atom is 0.308 e. The molecule has 2 heterocycles. The highest BCUT2D eigenvalue weighted by atomic mass is 16.4. The smallest absolute Gasteiger partial charge is 0.308 e. The Kier molecular flexibility index (Phi) is 2.94. The first-order chi connectivity index (χ1) is 7.66. The zero-order valence-electron chi connectivity index (χ0n) is 8.85. The van der Waals surface area contributed by atoms with Crippen LogP contribution in [0.1, 0.15) is 18.5 Å². The molecule has 0 aliphatic carbocycles. The molecule has 1 saturated heterocycles. The molecule has 0 aromatic carbocycles. The average Bonchev–Trinajstić information content (AvgIpc) is 2.73. The third-order valence-corrected chi connectivity index (χ3v) is 2.87. The van der Waals surface area contributed by atoms with Crippen molar-refractivity contribution in [2.75, 3.05) is 6.54 Å². The molecule has 2 rings (SSSR count). The fourth-order valence-electron chi connectivity index (χ4n) is 1.94. The number of aliphatic carboxylic acids is 1. The quantitative estimate of drug-likeness (QED) is 0.795. The van der Waals surface area contributed by atoms with Crippen LogP contribution >= 0.6 is 0 Å². The summed E-state index contributed by atoms with van der Waals surface area (Å²) < 4.78 is 0. The standard InChI is InChI=1S/C11H14N2O3/c14-10-4-3-8(11(15)16)6-13(10)7-9-2-1-5-12-9/h1-2,5,8,12H,3-4,6-7H2,(H,15,16). The van der Waals surface area contributed by atoms with E-state index >= 15 is 0 Å². The normalized spacial score (nSPS) is 21.1. The van der Waals surface area contributed by atoms with Crippen LogP contribution in [0.15, 0.2) is 18.3 Å². The highest BCUT2D eigenvalue weighted by Crippen LogP contribution is 2.19. The Morgan fingerprint density at radius 3 is 3.06 bits per heavy atom. The molecular weight excluding hydrogens is 208 g/mol. The van der Waals surface area contributed by atoms with E-state index in [1.807, 2.05) is 12.1 Å². The Labute approximate surface area is 93.1 Å². The van der Waals surface area contributed by atoms with Gasteiger partial charge in [0.2, 0.25) is 5.91 Å². The lowest BCUT2D eigenvalue weighted by atomic mass is 9.98. The minimum atomic E-state index is -0.816. The molecule has 2 N–H and O–H groups in total. The second-order valence-electron chi connectivity index (χ2n) is 4.04. The zero-order chi connectivity index (χ0) is 11.5. The average molecular weight is 222 g/mol. The Balaban J connectivity index is 2.01. The first-order valence-electron chi connectivity index (χ1n) is 5.29. The first kappa shape index (κ1) is 10.7. The van der Waals surface area contributed by atoms with Gasteiger partial charge in [0.1, 0.15) is 0 Å². The number of carboxylic acid groups (broad SMARTS) is 1. The number of carbonyl (C=O) groups excluding carboxylic acids is 1. The Hall–Kier alpha value is -1.78. The van der Waals surface area contributed by atoms with Crippen LogP contribution in [0.4, 0.5) is 0 Å². The van der Waals surface area contributed by atoms with Gasteiger partial charge in [-0.3, -0.25) is 9.59 Å². The van der Waals surface area contributed by atoms with Crippen molar-refractivity contribution in [1.82, 2.24) is 9.88 Å². The number of nitrogens with one attached hydrogen (secondary N) is 1. The summed E-state index contributed by atoms with van der Waals surface area (Å²) in [5.74, 6) is -1.20. The molecule has 0 saturated carbocycles. The number of carbonyl (C=O) groups is 2. The SMILES string of the molecule is O=C(O)C1CCC(=O)N(Cc2ccc[nH]2)C1. The number of hydrogen-bond acceptors (Lipinski definition) is 2. The molecular formula is C11H14N2O3. The summed E-state index contributed by atoms with van der Waals surface area (Å²) in [6.45, 7) is 0.781. The molecule has 1 atom stereocenters. The van der Waals surface area contributed by atoms with Gasteiger partial charge in [-0.05, 0) is 18.6 Å². The molecule has 16 heavy (non-hydrogen) atoms. The second kappa shape index (κ2) is 4.38. The van der Waals surface area contributed by atoms with Crippen LogP contribution in [-0.2, 0) is 16.1 Å². The largest absolute Gasteiger partial charge is 0.481 e. The third-order valence-electron chi connectivity index (χ3n) is 2.87. The number of H-pyrrole nitrogens is 1. The van der Waals surface area contributed by atoms with Crippen molar-refractivity contribution in [2.24, 2.45) is 5.92 Å². The minimum Gasteiger partial charge on any atom is -0.481 e. The maximum absolute atomic E-state index is 11.6. The van der Waals surface area contributed by atoms with Crippen LogP contribution in [0, 0.1) is 5.92 Å². The lowest BCUT2D eigenvalue weighted by molar-refractivity contribution is -0.147. The van der Waals surface area contributed by atoms with Gasteiger partial charge in [-0.2, -0.15) is 0 Å². The van der Waals surface area contributed by atoms with E-state index in [9.17, 15) is 9.59 Å². The van der Waals surface area contributed by atoms with E-state index in [4.69, 9.17) is 5.11 Å². The summed E-state index contributed by atoms with van der Waals surface area (Å²) in [7, 11) is 0. The number of nitrogens with zero attached hydrogens (tertiary/aromatic N) is 1. The van der Waals surface area contributed by atoms with E-state index in [-0.39, 0.29) is 5.91 Å². The van der Waals surface area contributed by atoms with Gasteiger partial charge in [-0.25, -0.2) is 0 Å². The predicted octanol–water partition coefficient (Wildman–Crippen LogP) is 0.838. The minimum absolute atomic E-state index is 0.0344. The van der Waals surface area contributed by atoms with Crippen LogP contribution < -0.4 is 0 Å². The number of carboxylic acids is 1. The van der Waals surface area contributed by atoms with Gasteiger partial charge in [0.25, 0.3) is 0 Å². The molecule has 1 aliphatic heterocycles. The van der Waals surface area contributed by atoms with E-state index in [1.165, 1.54) is 0 Å². The number of piperidine rings is 1. The lowest BCUT2D eigenvalue weighted by Gasteiger charge is -2.30. The zero-order valence-corrected chi connectivity index (χ0v) is 8.85. The summed E-state index contributed by atoms with van der Waals surface area (Å²) >= 11 is 0. The van der Waals surface area contributed by atoms with E-state index in [1.54, 1.807) is 11.1 Å².